The number of hydrogen-bond acceptors (Lipinski definition) is 1. The van der Waals surface area contributed by atoms with E-state index in [2.05, 4.69) is 24.3 Å². The second kappa shape index (κ2) is 4.98. The molecule has 1 nitrogen and oxygen atoms in total. The van der Waals surface area contributed by atoms with Crippen LogP contribution in [-0.4, -0.2) is 6.54 Å². The highest BCUT2D eigenvalue weighted by Gasteiger charge is 2.35. The average molecular weight is 205 g/mol. The Morgan fingerprint density at radius 3 is 2.53 bits per heavy atom. The zero-order valence-electron chi connectivity index (χ0n) is 9.62. The summed E-state index contributed by atoms with van der Waals surface area (Å²) in [5, 5.41) is 0. The van der Waals surface area contributed by atoms with Crippen LogP contribution in [0.3, 0.4) is 0 Å². The summed E-state index contributed by atoms with van der Waals surface area (Å²) in [6.45, 7) is 0.828. The fourth-order valence-corrected chi connectivity index (χ4v) is 3.32. The molecular weight excluding hydrogens is 182 g/mol. The van der Waals surface area contributed by atoms with Crippen LogP contribution in [0.1, 0.15) is 44.9 Å². The van der Waals surface area contributed by atoms with Gasteiger partial charge in [-0.2, -0.15) is 0 Å². The highest BCUT2D eigenvalue weighted by atomic mass is 14.6. The van der Waals surface area contributed by atoms with Gasteiger partial charge in [0.15, 0.2) is 0 Å². The monoisotopic (exact) mass is 205 g/mol. The van der Waals surface area contributed by atoms with E-state index >= 15 is 0 Å². The molecule has 1 saturated carbocycles. The Morgan fingerprint density at radius 1 is 1.13 bits per heavy atom. The topological polar surface area (TPSA) is 26.0 Å². The second-order valence-corrected chi connectivity index (χ2v) is 5.10. The van der Waals surface area contributed by atoms with Crippen LogP contribution < -0.4 is 5.73 Å². The standard InChI is InChI=1S/C14H23N/c15-12-11-14(9-5-2-6-10-14)13-7-3-1-4-8-13/h2,5-6,9,13H,1,3-4,7-8,10-12,15H2/t14-/m0/s1. The van der Waals surface area contributed by atoms with E-state index in [0.29, 0.717) is 5.41 Å². The third kappa shape index (κ3) is 2.34. The maximum absolute atomic E-state index is 5.79. The Bertz CT molecular complexity index is 248. The quantitative estimate of drug-likeness (QED) is 0.750. The SMILES string of the molecule is NCC[C@]1(C2CCCCC2)C=CC=CC1. The normalized spacial score (nSPS) is 32.1. The molecule has 2 aliphatic carbocycles. The van der Waals surface area contributed by atoms with Crippen molar-refractivity contribution in [2.75, 3.05) is 6.54 Å². The summed E-state index contributed by atoms with van der Waals surface area (Å²) in [4.78, 5) is 0. The van der Waals surface area contributed by atoms with Gasteiger partial charge in [-0.25, -0.2) is 0 Å². The summed E-state index contributed by atoms with van der Waals surface area (Å²) >= 11 is 0. The molecule has 0 unspecified atom stereocenters. The van der Waals surface area contributed by atoms with Crippen LogP contribution in [0, 0.1) is 11.3 Å². The molecule has 0 radical (unpaired) electrons. The average Bonchev–Trinajstić information content (AvgIpc) is 2.32. The lowest BCUT2D eigenvalue weighted by molar-refractivity contribution is 0.161. The van der Waals surface area contributed by atoms with E-state index in [1.807, 2.05) is 0 Å². The van der Waals surface area contributed by atoms with Crippen molar-refractivity contribution in [1.82, 2.24) is 0 Å². The summed E-state index contributed by atoms with van der Waals surface area (Å²) in [6, 6.07) is 0. The van der Waals surface area contributed by atoms with E-state index in [9.17, 15) is 0 Å². The Kier molecular flexibility index (Phi) is 3.63. The molecule has 1 fully saturated rings. The third-order valence-electron chi connectivity index (χ3n) is 4.20. The van der Waals surface area contributed by atoms with Crippen molar-refractivity contribution in [1.29, 1.82) is 0 Å². The summed E-state index contributed by atoms with van der Waals surface area (Å²) < 4.78 is 0. The Balaban J connectivity index is 2.10. The van der Waals surface area contributed by atoms with Gasteiger partial charge in [-0.3, -0.25) is 0 Å². The molecule has 2 aliphatic rings. The lowest BCUT2D eigenvalue weighted by Gasteiger charge is -2.41. The molecule has 0 aliphatic heterocycles. The first-order chi connectivity index (χ1) is 7.37. The fourth-order valence-electron chi connectivity index (χ4n) is 3.32. The maximum Gasteiger partial charge on any atom is -0.00404 e. The Labute approximate surface area is 93.4 Å². The fraction of sp³-hybridized carbons (Fsp3) is 0.714. The largest absolute Gasteiger partial charge is 0.330 e. The predicted octanol–water partition coefficient (Wildman–Crippen LogP) is 3.42. The predicted molar refractivity (Wildman–Crippen MR) is 65.6 cm³/mol. The minimum atomic E-state index is 0.407. The molecule has 15 heavy (non-hydrogen) atoms. The minimum Gasteiger partial charge on any atom is -0.330 e. The molecule has 0 aromatic heterocycles. The van der Waals surface area contributed by atoms with Crippen LogP contribution >= 0.6 is 0 Å². The lowest BCUT2D eigenvalue weighted by Crippen LogP contribution is -2.33. The van der Waals surface area contributed by atoms with Gasteiger partial charge in [0.2, 0.25) is 0 Å². The summed E-state index contributed by atoms with van der Waals surface area (Å²) in [5.74, 6) is 0.885. The molecule has 2 N–H and O–H groups in total. The van der Waals surface area contributed by atoms with E-state index in [4.69, 9.17) is 5.73 Å². The number of nitrogens with two attached hydrogens (primary N) is 1. The van der Waals surface area contributed by atoms with Gasteiger partial charge in [-0.05, 0) is 43.6 Å². The van der Waals surface area contributed by atoms with Crippen molar-refractivity contribution in [3.05, 3.63) is 24.3 Å². The van der Waals surface area contributed by atoms with Gasteiger partial charge in [-0.15, -0.1) is 0 Å². The van der Waals surface area contributed by atoms with Gasteiger partial charge in [-0.1, -0.05) is 43.6 Å². The van der Waals surface area contributed by atoms with Crippen LogP contribution in [0.5, 0.6) is 0 Å². The van der Waals surface area contributed by atoms with Crippen LogP contribution in [0.15, 0.2) is 24.3 Å². The Hall–Kier alpha value is -0.560. The molecule has 0 aromatic rings. The van der Waals surface area contributed by atoms with Gasteiger partial charge in [0.25, 0.3) is 0 Å². The van der Waals surface area contributed by atoms with Gasteiger partial charge >= 0.3 is 0 Å². The molecule has 0 bridgehead atoms. The zero-order valence-corrected chi connectivity index (χ0v) is 9.62. The first-order valence-corrected chi connectivity index (χ1v) is 6.42. The summed E-state index contributed by atoms with van der Waals surface area (Å²) in [7, 11) is 0. The molecule has 84 valence electrons. The first-order valence-electron chi connectivity index (χ1n) is 6.42. The molecule has 0 aromatic carbocycles. The van der Waals surface area contributed by atoms with E-state index in [1.165, 1.54) is 44.9 Å². The molecular formula is C14H23N. The summed E-state index contributed by atoms with van der Waals surface area (Å²) in [6.07, 6.45) is 18.7. The smallest absolute Gasteiger partial charge is 0.00404 e. The molecule has 0 amide bonds. The van der Waals surface area contributed by atoms with Gasteiger partial charge in [0.05, 0.1) is 0 Å². The molecule has 1 heteroatoms. The van der Waals surface area contributed by atoms with Gasteiger partial charge in [0, 0.05) is 0 Å². The minimum absolute atomic E-state index is 0.407. The lowest BCUT2D eigenvalue weighted by atomic mass is 9.64. The van der Waals surface area contributed by atoms with Crippen molar-refractivity contribution in [2.45, 2.75) is 44.9 Å². The third-order valence-corrected chi connectivity index (χ3v) is 4.20. The number of hydrogen-bond donors (Lipinski definition) is 1. The van der Waals surface area contributed by atoms with Crippen LogP contribution in [-0.2, 0) is 0 Å². The highest BCUT2D eigenvalue weighted by Crippen LogP contribution is 2.46. The van der Waals surface area contributed by atoms with Crippen molar-refractivity contribution in [3.63, 3.8) is 0 Å². The van der Waals surface area contributed by atoms with E-state index in [0.717, 1.165) is 12.5 Å². The van der Waals surface area contributed by atoms with Crippen molar-refractivity contribution < 1.29 is 0 Å². The second-order valence-electron chi connectivity index (χ2n) is 5.10. The molecule has 0 heterocycles. The van der Waals surface area contributed by atoms with Crippen LogP contribution in [0.4, 0.5) is 0 Å². The van der Waals surface area contributed by atoms with Crippen molar-refractivity contribution in [2.24, 2.45) is 17.1 Å². The van der Waals surface area contributed by atoms with Crippen molar-refractivity contribution >= 4 is 0 Å². The first kappa shape index (κ1) is 10.9. The van der Waals surface area contributed by atoms with Crippen molar-refractivity contribution in [3.8, 4) is 0 Å². The number of allylic oxidation sites excluding steroid dienone is 4. The zero-order chi connectivity index (χ0) is 10.6. The summed E-state index contributed by atoms with van der Waals surface area (Å²) in [5.41, 5.74) is 6.20. The molecule has 0 saturated heterocycles. The van der Waals surface area contributed by atoms with E-state index < -0.39 is 0 Å². The van der Waals surface area contributed by atoms with Crippen LogP contribution in [0.2, 0.25) is 0 Å². The van der Waals surface area contributed by atoms with Gasteiger partial charge < -0.3 is 5.73 Å². The highest BCUT2D eigenvalue weighted by molar-refractivity contribution is 5.18. The maximum atomic E-state index is 5.79. The van der Waals surface area contributed by atoms with Crippen LogP contribution in [0.25, 0.3) is 0 Å². The van der Waals surface area contributed by atoms with E-state index in [1.54, 1.807) is 0 Å². The van der Waals surface area contributed by atoms with Gasteiger partial charge in [0.1, 0.15) is 0 Å². The molecule has 1 atom stereocenters. The number of rotatable bonds is 3. The Morgan fingerprint density at radius 2 is 1.93 bits per heavy atom. The van der Waals surface area contributed by atoms with E-state index in [-0.39, 0.29) is 0 Å². The molecule has 2 rings (SSSR count). The molecule has 0 spiro atoms.